The molecule has 1 aliphatic carbocycles. The van der Waals surface area contributed by atoms with Crippen molar-refractivity contribution in [2.24, 2.45) is 0 Å². The van der Waals surface area contributed by atoms with E-state index < -0.39 is 0 Å². The van der Waals surface area contributed by atoms with Gasteiger partial charge in [-0.2, -0.15) is 5.26 Å². The van der Waals surface area contributed by atoms with Gasteiger partial charge in [-0.15, -0.1) is 0 Å². The van der Waals surface area contributed by atoms with Crippen molar-refractivity contribution in [3.63, 3.8) is 0 Å². The average molecular weight is 187 g/mol. The van der Waals surface area contributed by atoms with E-state index in [4.69, 9.17) is 5.26 Å². The highest BCUT2D eigenvalue weighted by atomic mass is 15.2. The molecule has 1 fully saturated rings. The van der Waals surface area contributed by atoms with Gasteiger partial charge in [0.05, 0.1) is 0 Å². The van der Waals surface area contributed by atoms with Gasteiger partial charge in [0.1, 0.15) is 17.6 Å². The highest BCUT2D eigenvalue weighted by molar-refractivity contribution is 5.43. The lowest BCUT2D eigenvalue weighted by Crippen LogP contribution is -2.26. The number of pyridine rings is 1. The van der Waals surface area contributed by atoms with Gasteiger partial charge in [0.25, 0.3) is 0 Å². The molecule has 1 aliphatic rings. The van der Waals surface area contributed by atoms with E-state index in [2.05, 4.69) is 22.9 Å². The molecule has 0 saturated heterocycles. The van der Waals surface area contributed by atoms with Crippen LogP contribution in [0.5, 0.6) is 0 Å². The Balaban J connectivity index is 2.25. The lowest BCUT2D eigenvalue weighted by atomic mass is 10.3. The summed E-state index contributed by atoms with van der Waals surface area (Å²) >= 11 is 0. The molecule has 14 heavy (non-hydrogen) atoms. The van der Waals surface area contributed by atoms with Crippen molar-refractivity contribution in [2.45, 2.75) is 25.8 Å². The summed E-state index contributed by atoms with van der Waals surface area (Å²) in [6, 6.07) is 8.33. The minimum atomic E-state index is 0.501. The highest BCUT2D eigenvalue weighted by Crippen LogP contribution is 2.30. The van der Waals surface area contributed by atoms with E-state index in [-0.39, 0.29) is 0 Å². The second-order valence-corrected chi connectivity index (χ2v) is 3.51. The molecule has 3 heteroatoms. The Morgan fingerprint density at radius 1 is 1.57 bits per heavy atom. The molecule has 0 bridgehead atoms. The minimum Gasteiger partial charge on any atom is -0.354 e. The van der Waals surface area contributed by atoms with Crippen LogP contribution in [0.1, 0.15) is 25.5 Å². The van der Waals surface area contributed by atoms with Crippen LogP contribution in [-0.2, 0) is 0 Å². The Bertz CT molecular complexity index is 363. The third-order valence-corrected chi connectivity index (χ3v) is 2.47. The lowest BCUT2D eigenvalue weighted by molar-refractivity contribution is 0.807. The van der Waals surface area contributed by atoms with E-state index in [1.165, 1.54) is 12.8 Å². The van der Waals surface area contributed by atoms with Gasteiger partial charge in [0, 0.05) is 12.6 Å². The number of aromatic nitrogens is 1. The molecule has 0 aliphatic heterocycles. The second kappa shape index (κ2) is 3.67. The molecule has 2 rings (SSSR count). The molecule has 0 spiro atoms. The quantitative estimate of drug-likeness (QED) is 0.726. The van der Waals surface area contributed by atoms with Gasteiger partial charge in [0.2, 0.25) is 0 Å². The van der Waals surface area contributed by atoms with Crippen LogP contribution in [0.15, 0.2) is 18.2 Å². The zero-order chi connectivity index (χ0) is 9.97. The number of rotatable bonds is 3. The fourth-order valence-corrected chi connectivity index (χ4v) is 1.64. The maximum Gasteiger partial charge on any atom is 0.142 e. The molecule has 1 heterocycles. The minimum absolute atomic E-state index is 0.501. The van der Waals surface area contributed by atoms with Gasteiger partial charge in [-0.25, -0.2) is 4.98 Å². The number of nitriles is 1. The number of hydrogen-bond acceptors (Lipinski definition) is 3. The number of nitrogens with zero attached hydrogens (tertiary/aromatic N) is 3. The molecule has 1 saturated carbocycles. The fourth-order valence-electron chi connectivity index (χ4n) is 1.64. The maximum absolute atomic E-state index is 8.74. The summed E-state index contributed by atoms with van der Waals surface area (Å²) < 4.78 is 0. The zero-order valence-electron chi connectivity index (χ0n) is 8.27. The molecule has 0 aromatic carbocycles. The van der Waals surface area contributed by atoms with E-state index in [1.54, 1.807) is 6.07 Å². The molecular weight excluding hydrogens is 174 g/mol. The highest BCUT2D eigenvalue weighted by Gasteiger charge is 2.28. The van der Waals surface area contributed by atoms with Gasteiger partial charge in [0.15, 0.2) is 0 Å². The standard InChI is InChI=1S/C11H13N3/c1-2-14(10-6-7-10)11-5-3-4-9(8-12)13-11/h3-5,10H,2,6-7H2,1H3. The molecule has 72 valence electrons. The third-order valence-electron chi connectivity index (χ3n) is 2.47. The zero-order valence-corrected chi connectivity index (χ0v) is 8.27. The van der Waals surface area contributed by atoms with E-state index in [9.17, 15) is 0 Å². The second-order valence-electron chi connectivity index (χ2n) is 3.51. The Kier molecular flexibility index (Phi) is 2.36. The summed E-state index contributed by atoms with van der Waals surface area (Å²) in [5, 5.41) is 8.74. The molecule has 0 atom stereocenters. The van der Waals surface area contributed by atoms with Crippen molar-refractivity contribution in [1.29, 1.82) is 5.26 Å². The van der Waals surface area contributed by atoms with Crippen LogP contribution in [0.3, 0.4) is 0 Å². The monoisotopic (exact) mass is 187 g/mol. The number of hydrogen-bond donors (Lipinski definition) is 0. The lowest BCUT2D eigenvalue weighted by Gasteiger charge is -2.21. The topological polar surface area (TPSA) is 39.9 Å². The SMILES string of the molecule is CCN(c1cccc(C#N)n1)C1CC1. The summed E-state index contributed by atoms with van der Waals surface area (Å²) in [5.41, 5.74) is 0.501. The van der Waals surface area contributed by atoms with Crippen LogP contribution in [0, 0.1) is 11.3 Å². The van der Waals surface area contributed by atoms with Crippen LogP contribution in [0.4, 0.5) is 5.82 Å². The largest absolute Gasteiger partial charge is 0.354 e. The summed E-state index contributed by atoms with van der Waals surface area (Å²) in [4.78, 5) is 6.55. The summed E-state index contributed by atoms with van der Waals surface area (Å²) in [5.74, 6) is 0.939. The molecule has 0 unspecified atom stereocenters. The Morgan fingerprint density at radius 2 is 2.36 bits per heavy atom. The molecule has 1 aromatic rings. The molecule has 0 amide bonds. The Hall–Kier alpha value is -1.56. The predicted octanol–water partition coefficient (Wildman–Crippen LogP) is 1.94. The van der Waals surface area contributed by atoms with Gasteiger partial charge >= 0.3 is 0 Å². The Labute approximate surface area is 84.0 Å². The molecule has 0 N–H and O–H groups in total. The molecule has 0 radical (unpaired) electrons. The van der Waals surface area contributed by atoms with Gasteiger partial charge in [-0.1, -0.05) is 6.07 Å². The predicted molar refractivity (Wildman–Crippen MR) is 55.0 cm³/mol. The van der Waals surface area contributed by atoms with Crippen molar-refractivity contribution < 1.29 is 0 Å². The van der Waals surface area contributed by atoms with Crippen LogP contribution in [0.2, 0.25) is 0 Å². The van der Waals surface area contributed by atoms with Crippen molar-refractivity contribution in [3.05, 3.63) is 23.9 Å². The van der Waals surface area contributed by atoms with Gasteiger partial charge in [-0.3, -0.25) is 0 Å². The van der Waals surface area contributed by atoms with E-state index in [0.29, 0.717) is 11.7 Å². The van der Waals surface area contributed by atoms with E-state index in [0.717, 1.165) is 12.4 Å². The van der Waals surface area contributed by atoms with Crippen LogP contribution in [0.25, 0.3) is 0 Å². The van der Waals surface area contributed by atoms with Crippen molar-refractivity contribution >= 4 is 5.82 Å². The van der Waals surface area contributed by atoms with Crippen LogP contribution in [-0.4, -0.2) is 17.6 Å². The summed E-state index contributed by atoms with van der Waals surface area (Å²) in [7, 11) is 0. The van der Waals surface area contributed by atoms with Gasteiger partial charge < -0.3 is 4.90 Å². The maximum atomic E-state index is 8.74. The van der Waals surface area contributed by atoms with Crippen LogP contribution < -0.4 is 4.90 Å². The summed E-state index contributed by atoms with van der Waals surface area (Å²) in [6.45, 7) is 3.09. The summed E-state index contributed by atoms with van der Waals surface area (Å²) in [6.07, 6.45) is 2.51. The fraction of sp³-hybridized carbons (Fsp3) is 0.455. The molecular formula is C11H13N3. The van der Waals surface area contributed by atoms with E-state index in [1.807, 2.05) is 12.1 Å². The first-order chi connectivity index (χ1) is 6.85. The molecule has 3 nitrogen and oxygen atoms in total. The van der Waals surface area contributed by atoms with Crippen molar-refractivity contribution in [3.8, 4) is 6.07 Å². The first-order valence-corrected chi connectivity index (χ1v) is 4.99. The average Bonchev–Trinajstić information content (AvgIpc) is 3.04. The van der Waals surface area contributed by atoms with Crippen molar-refractivity contribution in [1.82, 2.24) is 4.98 Å². The first-order valence-electron chi connectivity index (χ1n) is 4.99. The normalized spacial score (nSPS) is 14.9. The van der Waals surface area contributed by atoms with Crippen LogP contribution >= 0.6 is 0 Å². The van der Waals surface area contributed by atoms with Crippen molar-refractivity contribution in [2.75, 3.05) is 11.4 Å². The Morgan fingerprint density at radius 3 is 2.93 bits per heavy atom. The number of anilines is 1. The first kappa shape index (κ1) is 9.01. The third kappa shape index (κ3) is 1.69. The van der Waals surface area contributed by atoms with Gasteiger partial charge in [-0.05, 0) is 31.9 Å². The van der Waals surface area contributed by atoms with E-state index >= 15 is 0 Å². The molecule has 1 aromatic heterocycles. The smallest absolute Gasteiger partial charge is 0.142 e.